The lowest BCUT2D eigenvalue weighted by Gasteiger charge is -2.23. The predicted octanol–water partition coefficient (Wildman–Crippen LogP) is 3.14. The van der Waals surface area contributed by atoms with Crippen LogP contribution < -0.4 is 0 Å². The van der Waals surface area contributed by atoms with Crippen molar-refractivity contribution in [1.29, 1.82) is 0 Å². The van der Waals surface area contributed by atoms with E-state index in [0.29, 0.717) is 11.5 Å². The van der Waals surface area contributed by atoms with Gasteiger partial charge >= 0.3 is 5.97 Å². The standard InChI is InChI=1S/C13H17NO2/c1-9-7-11(10-5-3-2-4-6-10)12(8-14-9)13(15)16/h7-8,10H,2-6H2,1H3,(H,15,16). The van der Waals surface area contributed by atoms with Crippen LogP contribution in [0, 0.1) is 6.92 Å². The summed E-state index contributed by atoms with van der Waals surface area (Å²) < 4.78 is 0. The molecule has 2 rings (SSSR count). The first-order valence-electron chi connectivity index (χ1n) is 5.88. The molecular weight excluding hydrogens is 202 g/mol. The molecule has 1 aliphatic rings. The zero-order valence-corrected chi connectivity index (χ0v) is 9.57. The molecule has 0 saturated heterocycles. The number of rotatable bonds is 2. The Balaban J connectivity index is 2.36. The number of aromatic nitrogens is 1. The highest BCUT2D eigenvalue weighted by molar-refractivity contribution is 5.89. The molecule has 1 fully saturated rings. The van der Waals surface area contributed by atoms with E-state index >= 15 is 0 Å². The number of aryl methyl sites for hydroxylation is 1. The highest BCUT2D eigenvalue weighted by Crippen LogP contribution is 2.34. The molecule has 1 N–H and O–H groups in total. The van der Waals surface area contributed by atoms with Crippen molar-refractivity contribution in [3.8, 4) is 0 Å². The molecule has 0 aromatic carbocycles. The van der Waals surface area contributed by atoms with Gasteiger partial charge in [-0.15, -0.1) is 0 Å². The average molecular weight is 219 g/mol. The third kappa shape index (κ3) is 2.23. The Morgan fingerprint density at radius 3 is 2.69 bits per heavy atom. The van der Waals surface area contributed by atoms with Crippen LogP contribution in [-0.4, -0.2) is 16.1 Å². The van der Waals surface area contributed by atoms with Crippen LogP contribution in [0.2, 0.25) is 0 Å². The highest BCUT2D eigenvalue weighted by Gasteiger charge is 2.21. The van der Waals surface area contributed by atoms with E-state index in [0.717, 1.165) is 24.1 Å². The van der Waals surface area contributed by atoms with Gasteiger partial charge in [0, 0.05) is 11.9 Å². The number of carbonyl (C=O) groups is 1. The molecule has 16 heavy (non-hydrogen) atoms. The summed E-state index contributed by atoms with van der Waals surface area (Å²) in [6.45, 7) is 1.91. The second-order valence-corrected chi connectivity index (χ2v) is 4.55. The van der Waals surface area contributed by atoms with Gasteiger partial charge in [0.25, 0.3) is 0 Å². The summed E-state index contributed by atoms with van der Waals surface area (Å²) in [6.07, 6.45) is 7.44. The number of nitrogens with zero attached hydrogens (tertiary/aromatic N) is 1. The van der Waals surface area contributed by atoms with Gasteiger partial charge in [-0.1, -0.05) is 19.3 Å². The lowest BCUT2D eigenvalue weighted by Crippen LogP contribution is -2.11. The van der Waals surface area contributed by atoms with Gasteiger partial charge in [-0.2, -0.15) is 0 Å². The Labute approximate surface area is 95.5 Å². The molecule has 0 atom stereocenters. The normalized spacial score (nSPS) is 17.3. The second-order valence-electron chi connectivity index (χ2n) is 4.55. The summed E-state index contributed by atoms with van der Waals surface area (Å²) in [4.78, 5) is 15.2. The molecule has 1 saturated carbocycles. The number of aromatic carboxylic acids is 1. The van der Waals surface area contributed by atoms with Crippen LogP contribution in [0.15, 0.2) is 12.3 Å². The first-order valence-corrected chi connectivity index (χ1v) is 5.88. The van der Waals surface area contributed by atoms with Crippen molar-refractivity contribution in [3.05, 3.63) is 29.1 Å². The van der Waals surface area contributed by atoms with Gasteiger partial charge in [0.05, 0.1) is 5.56 Å². The van der Waals surface area contributed by atoms with Crippen LogP contribution in [-0.2, 0) is 0 Å². The number of hydrogen-bond donors (Lipinski definition) is 1. The van der Waals surface area contributed by atoms with E-state index in [4.69, 9.17) is 5.11 Å². The van der Waals surface area contributed by atoms with E-state index in [1.807, 2.05) is 13.0 Å². The SMILES string of the molecule is Cc1cc(C2CCCCC2)c(C(=O)O)cn1. The molecule has 0 radical (unpaired) electrons. The van der Waals surface area contributed by atoms with Crippen LogP contribution in [0.25, 0.3) is 0 Å². The summed E-state index contributed by atoms with van der Waals surface area (Å²) in [5, 5.41) is 9.15. The first kappa shape index (κ1) is 11.1. The van der Waals surface area contributed by atoms with E-state index in [2.05, 4.69) is 4.98 Å². The van der Waals surface area contributed by atoms with Crippen molar-refractivity contribution >= 4 is 5.97 Å². The Bertz CT molecular complexity index is 395. The number of carboxylic acids is 1. The van der Waals surface area contributed by atoms with Gasteiger partial charge in [0.15, 0.2) is 0 Å². The van der Waals surface area contributed by atoms with Crippen molar-refractivity contribution in [2.75, 3.05) is 0 Å². The summed E-state index contributed by atoms with van der Waals surface area (Å²) in [5.74, 6) is -0.436. The Kier molecular flexibility index (Phi) is 3.22. The third-order valence-corrected chi connectivity index (χ3v) is 3.35. The second kappa shape index (κ2) is 4.64. The molecule has 1 aromatic rings. The topological polar surface area (TPSA) is 50.2 Å². The van der Waals surface area contributed by atoms with E-state index in [1.165, 1.54) is 25.5 Å². The fourth-order valence-electron chi connectivity index (χ4n) is 2.51. The summed E-state index contributed by atoms with van der Waals surface area (Å²) >= 11 is 0. The van der Waals surface area contributed by atoms with E-state index in [9.17, 15) is 4.79 Å². The summed E-state index contributed by atoms with van der Waals surface area (Å²) in [5.41, 5.74) is 2.28. The van der Waals surface area contributed by atoms with E-state index < -0.39 is 5.97 Å². The van der Waals surface area contributed by atoms with Crippen LogP contribution >= 0.6 is 0 Å². The molecule has 0 bridgehead atoms. The molecular formula is C13H17NO2. The molecule has 3 nitrogen and oxygen atoms in total. The average Bonchev–Trinajstić information content (AvgIpc) is 2.29. The number of pyridine rings is 1. The largest absolute Gasteiger partial charge is 0.478 e. The monoisotopic (exact) mass is 219 g/mol. The predicted molar refractivity (Wildman–Crippen MR) is 61.8 cm³/mol. The zero-order chi connectivity index (χ0) is 11.5. The fraction of sp³-hybridized carbons (Fsp3) is 0.538. The van der Waals surface area contributed by atoms with Crippen LogP contribution in [0.1, 0.15) is 59.6 Å². The van der Waals surface area contributed by atoms with Gasteiger partial charge in [0.1, 0.15) is 0 Å². The minimum Gasteiger partial charge on any atom is -0.478 e. The Hall–Kier alpha value is -1.38. The molecule has 1 aromatic heterocycles. The number of carboxylic acid groups (broad SMARTS) is 1. The van der Waals surface area contributed by atoms with Gasteiger partial charge in [-0.05, 0) is 37.3 Å². The first-order chi connectivity index (χ1) is 7.68. The lowest BCUT2D eigenvalue weighted by molar-refractivity contribution is 0.0694. The third-order valence-electron chi connectivity index (χ3n) is 3.35. The minimum absolute atomic E-state index is 0.387. The van der Waals surface area contributed by atoms with Crippen molar-refractivity contribution in [1.82, 2.24) is 4.98 Å². The van der Waals surface area contributed by atoms with E-state index in [1.54, 1.807) is 0 Å². The van der Waals surface area contributed by atoms with Gasteiger partial charge in [0.2, 0.25) is 0 Å². The highest BCUT2D eigenvalue weighted by atomic mass is 16.4. The maximum Gasteiger partial charge on any atom is 0.337 e. The summed E-state index contributed by atoms with van der Waals surface area (Å²) in [7, 11) is 0. The van der Waals surface area contributed by atoms with Crippen molar-refractivity contribution in [2.45, 2.75) is 44.9 Å². The van der Waals surface area contributed by atoms with Gasteiger partial charge in [-0.25, -0.2) is 4.79 Å². The van der Waals surface area contributed by atoms with E-state index in [-0.39, 0.29) is 0 Å². The Morgan fingerprint density at radius 1 is 1.38 bits per heavy atom. The fourth-order valence-corrected chi connectivity index (χ4v) is 2.51. The molecule has 1 heterocycles. The van der Waals surface area contributed by atoms with Crippen LogP contribution in [0.5, 0.6) is 0 Å². The molecule has 0 amide bonds. The van der Waals surface area contributed by atoms with Crippen LogP contribution in [0.3, 0.4) is 0 Å². The quantitative estimate of drug-likeness (QED) is 0.831. The molecule has 1 aliphatic carbocycles. The molecule has 0 spiro atoms. The summed E-state index contributed by atoms with van der Waals surface area (Å²) in [6, 6.07) is 1.94. The maximum atomic E-state index is 11.1. The molecule has 0 aliphatic heterocycles. The van der Waals surface area contributed by atoms with Gasteiger partial charge < -0.3 is 5.11 Å². The number of hydrogen-bond acceptors (Lipinski definition) is 2. The lowest BCUT2D eigenvalue weighted by atomic mass is 9.82. The van der Waals surface area contributed by atoms with Crippen molar-refractivity contribution < 1.29 is 9.90 Å². The van der Waals surface area contributed by atoms with Crippen LogP contribution in [0.4, 0.5) is 0 Å². The smallest absolute Gasteiger partial charge is 0.337 e. The molecule has 3 heteroatoms. The minimum atomic E-state index is -0.854. The molecule has 0 unspecified atom stereocenters. The van der Waals surface area contributed by atoms with Crippen molar-refractivity contribution in [2.24, 2.45) is 0 Å². The zero-order valence-electron chi connectivity index (χ0n) is 9.57. The van der Waals surface area contributed by atoms with Gasteiger partial charge in [-0.3, -0.25) is 4.98 Å². The Morgan fingerprint density at radius 2 is 2.06 bits per heavy atom. The molecule has 86 valence electrons. The van der Waals surface area contributed by atoms with Crippen molar-refractivity contribution in [3.63, 3.8) is 0 Å². The maximum absolute atomic E-state index is 11.1.